The highest BCUT2D eigenvalue weighted by Crippen LogP contribution is 2.62. The first-order valence-electron chi connectivity index (χ1n) is 20.9. The van der Waals surface area contributed by atoms with Gasteiger partial charge < -0.3 is 4.74 Å². The molecular weight excluding hydrogens is 625 g/mol. The molecule has 8 aliphatic rings. The van der Waals surface area contributed by atoms with Crippen molar-refractivity contribution in [1.82, 2.24) is 0 Å². The van der Waals surface area contributed by atoms with Gasteiger partial charge in [0.25, 0.3) is 0 Å². The van der Waals surface area contributed by atoms with Crippen LogP contribution in [0.1, 0.15) is 169 Å². The molecule has 0 aliphatic heterocycles. The normalized spacial score (nSPS) is 36.0. The Morgan fingerprint density at radius 1 is 0.490 bits per heavy atom. The van der Waals surface area contributed by atoms with Gasteiger partial charge in [0.15, 0.2) is 0 Å². The van der Waals surface area contributed by atoms with E-state index in [4.69, 9.17) is 4.74 Å². The molecule has 8 aliphatic carbocycles. The molecule has 4 bridgehead atoms. The van der Waals surface area contributed by atoms with Gasteiger partial charge in [0.1, 0.15) is 11.2 Å². The summed E-state index contributed by atoms with van der Waals surface area (Å²) in [5, 5.41) is 44.8. The lowest BCUT2D eigenvalue weighted by Crippen LogP contribution is -2.54. The zero-order chi connectivity index (χ0) is 36.4. The maximum atomic E-state index is 11.4. The van der Waals surface area contributed by atoms with Crippen LogP contribution < -0.4 is 0 Å². The van der Waals surface area contributed by atoms with E-state index < -0.39 is 22.0 Å². The summed E-state index contributed by atoms with van der Waals surface area (Å²) in [5.41, 5.74) is -1.25. The first-order chi connectivity index (χ1) is 24.6. The predicted molar refractivity (Wildman–Crippen MR) is 202 cm³/mol. The number of rotatable bonds is 14. The summed E-state index contributed by atoms with van der Waals surface area (Å²) in [6.45, 7) is 8.65. The summed E-state index contributed by atoms with van der Waals surface area (Å²) < 4.78 is 7.94. The van der Waals surface area contributed by atoms with Crippen LogP contribution >= 0.6 is 0 Å². The van der Waals surface area contributed by atoms with E-state index in [1.807, 2.05) is 0 Å². The van der Waals surface area contributed by atoms with Crippen molar-refractivity contribution in [2.45, 2.75) is 180 Å². The van der Waals surface area contributed by atoms with Gasteiger partial charge in [-0.25, -0.2) is 0 Å². The summed E-state index contributed by atoms with van der Waals surface area (Å²) in [5.74, 6) is 1.58. The highest BCUT2D eigenvalue weighted by molar-refractivity contribution is 5.58. The Labute approximate surface area is 309 Å². The molecule has 272 valence electrons. The third-order valence-electron chi connectivity index (χ3n) is 15.1. The largest absolute Gasteiger partial charge is 0.349 e. The van der Waals surface area contributed by atoms with Crippen LogP contribution in [0.5, 0.6) is 0 Å². The minimum Gasteiger partial charge on any atom is -0.349 e. The van der Waals surface area contributed by atoms with Crippen LogP contribution in [-0.2, 0) is 4.74 Å². The quantitative estimate of drug-likeness (QED) is 0.169. The molecule has 0 amide bonds. The van der Waals surface area contributed by atoms with Crippen molar-refractivity contribution in [1.29, 1.82) is 21.0 Å². The fourth-order valence-corrected chi connectivity index (χ4v) is 12.5. The first-order valence-corrected chi connectivity index (χ1v) is 20.9. The number of allylic oxidation sites excluding steroid dienone is 4. The molecule has 0 heterocycles. The predicted octanol–water partition coefficient (Wildman–Crippen LogP) is 12.2. The zero-order valence-corrected chi connectivity index (χ0v) is 32.2. The Kier molecular flexibility index (Phi) is 10.9. The highest BCUT2D eigenvalue weighted by atomic mass is 16.5. The highest BCUT2D eigenvalue weighted by Gasteiger charge is 2.59. The van der Waals surface area contributed by atoms with Gasteiger partial charge in [-0.15, -0.1) is 0 Å². The van der Waals surface area contributed by atoms with Crippen LogP contribution in [-0.4, -0.2) is 11.2 Å². The van der Waals surface area contributed by atoms with E-state index in [0.717, 1.165) is 102 Å². The average Bonchev–Trinajstić information content (AvgIpc) is 3.15. The number of hydrogen-bond acceptors (Lipinski definition) is 5. The van der Waals surface area contributed by atoms with Crippen LogP contribution in [0.2, 0.25) is 0 Å². The molecule has 0 spiro atoms. The van der Waals surface area contributed by atoms with E-state index >= 15 is 0 Å². The molecule has 5 nitrogen and oxygen atoms in total. The van der Waals surface area contributed by atoms with Crippen LogP contribution in [0.3, 0.4) is 0 Å². The molecule has 51 heavy (non-hydrogen) atoms. The van der Waals surface area contributed by atoms with Gasteiger partial charge in [0.05, 0.1) is 46.6 Å². The molecular formula is C46H62N4O. The standard InChI is InChI=1S/C46H62N4O/c1-5-15-43(16-6-2)25-27-45(39(31-49)37(43)29-47,33-41-19-9-35(10-20-41)11-21-41)51-46(34-42-22-12-36(13-23-42)14-24-42)28-26-44(17-7-3,18-8-4)38(30-48)40(46)32-50/h25-28,35-36H,5-24,33-34H2,1-4H3. The Morgan fingerprint density at radius 3 is 1.04 bits per heavy atom. The lowest BCUT2D eigenvalue weighted by atomic mass is 9.54. The molecule has 5 heteroatoms. The molecule has 0 aromatic rings. The molecule has 0 saturated heterocycles. The minimum atomic E-state index is -1.17. The van der Waals surface area contributed by atoms with Gasteiger partial charge in [-0.05, 0) is 138 Å². The number of hydrogen-bond donors (Lipinski definition) is 0. The monoisotopic (exact) mass is 686 g/mol. The lowest BCUT2D eigenvalue weighted by Gasteiger charge is -2.56. The van der Waals surface area contributed by atoms with Gasteiger partial charge in [-0.3, -0.25) is 0 Å². The Balaban J connectivity index is 1.60. The van der Waals surface area contributed by atoms with Crippen molar-refractivity contribution in [3.63, 3.8) is 0 Å². The average molecular weight is 687 g/mol. The third-order valence-corrected chi connectivity index (χ3v) is 15.1. The topological polar surface area (TPSA) is 104 Å². The Bertz CT molecular complexity index is 1460. The van der Waals surface area contributed by atoms with E-state index in [1.54, 1.807) is 0 Å². The second-order valence-corrected chi connectivity index (χ2v) is 18.1. The lowest BCUT2D eigenvalue weighted by molar-refractivity contribution is -0.128. The van der Waals surface area contributed by atoms with Gasteiger partial charge in [-0.2, -0.15) is 21.0 Å². The Morgan fingerprint density at radius 2 is 0.784 bits per heavy atom. The van der Waals surface area contributed by atoms with Crippen molar-refractivity contribution in [2.75, 3.05) is 0 Å². The Hall–Kier alpha value is -3.12. The number of fused-ring (bicyclic) bond motifs is 6. The number of nitriles is 4. The zero-order valence-electron chi connectivity index (χ0n) is 32.2. The van der Waals surface area contributed by atoms with E-state index in [2.05, 4.69) is 76.3 Å². The minimum absolute atomic E-state index is 0.0147. The summed E-state index contributed by atoms with van der Waals surface area (Å²) in [6, 6.07) is 10.6. The molecule has 2 atom stereocenters. The smallest absolute Gasteiger partial charge is 0.124 e. The fourth-order valence-electron chi connectivity index (χ4n) is 12.5. The number of ether oxygens (including phenoxy) is 1. The van der Waals surface area contributed by atoms with E-state index in [9.17, 15) is 21.0 Å². The van der Waals surface area contributed by atoms with Crippen molar-refractivity contribution in [3.8, 4) is 24.3 Å². The summed E-state index contributed by atoms with van der Waals surface area (Å²) in [7, 11) is 0. The van der Waals surface area contributed by atoms with Gasteiger partial charge in [0, 0.05) is 10.8 Å². The fraction of sp³-hybridized carbons (Fsp3) is 0.739. The SMILES string of the molecule is CCCC1(CCC)C=CC(CC23CCC(CC2)CC3)(OC2(CC34CCC(CC3)CC4)C=CC(CCC)(CCC)C(C#N)=C2C#N)C(C#N)=C1C#N. The van der Waals surface area contributed by atoms with Gasteiger partial charge in [0.2, 0.25) is 0 Å². The summed E-state index contributed by atoms with van der Waals surface area (Å²) >= 11 is 0. The van der Waals surface area contributed by atoms with Crippen LogP contribution in [0.15, 0.2) is 46.6 Å². The van der Waals surface area contributed by atoms with Crippen molar-refractivity contribution < 1.29 is 4.74 Å². The molecule has 0 radical (unpaired) electrons. The number of nitrogens with zero attached hydrogens (tertiary/aromatic N) is 4. The summed E-state index contributed by atoms with van der Waals surface area (Å²) in [4.78, 5) is 0. The van der Waals surface area contributed by atoms with Crippen LogP contribution in [0, 0.1) is 78.8 Å². The van der Waals surface area contributed by atoms with Crippen molar-refractivity contribution >= 4 is 0 Å². The summed E-state index contributed by atoms with van der Waals surface area (Å²) in [6.07, 6.45) is 31.0. The maximum absolute atomic E-state index is 11.4. The van der Waals surface area contributed by atoms with Crippen LogP contribution in [0.25, 0.3) is 0 Å². The van der Waals surface area contributed by atoms with Gasteiger partial charge >= 0.3 is 0 Å². The first kappa shape index (κ1) is 37.6. The van der Waals surface area contributed by atoms with E-state index in [1.165, 1.54) is 38.5 Å². The molecule has 6 saturated carbocycles. The molecule has 2 unspecified atom stereocenters. The molecule has 8 rings (SSSR count). The van der Waals surface area contributed by atoms with Crippen molar-refractivity contribution in [3.05, 3.63) is 46.6 Å². The molecule has 0 aromatic heterocycles. The second-order valence-electron chi connectivity index (χ2n) is 18.1. The van der Waals surface area contributed by atoms with Crippen molar-refractivity contribution in [2.24, 2.45) is 33.5 Å². The maximum Gasteiger partial charge on any atom is 0.124 e. The molecule has 0 aromatic carbocycles. The van der Waals surface area contributed by atoms with Crippen LogP contribution in [0.4, 0.5) is 0 Å². The molecule has 0 N–H and O–H groups in total. The van der Waals surface area contributed by atoms with E-state index in [-0.39, 0.29) is 10.8 Å². The molecule has 6 fully saturated rings. The third kappa shape index (κ3) is 6.46. The van der Waals surface area contributed by atoms with E-state index in [0.29, 0.717) is 35.1 Å². The van der Waals surface area contributed by atoms with Gasteiger partial charge in [-0.1, -0.05) is 77.7 Å². The second kappa shape index (κ2) is 14.7.